The van der Waals surface area contributed by atoms with Gasteiger partial charge in [0.1, 0.15) is 6.61 Å². The number of benzene rings is 2. The van der Waals surface area contributed by atoms with Gasteiger partial charge in [-0.1, -0.05) is 48.0 Å². The smallest absolute Gasteiger partial charge is 0.338 e. The molecule has 0 saturated carbocycles. The third-order valence-electron chi connectivity index (χ3n) is 2.68. The lowest BCUT2D eigenvalue weighted by Gasteiger charge is -2.08. The van der Waals surface area contributed by atoms with Crippen molar-refractivity contribution in [2.24, 2.45) is 0 Å². The van der Waals surface area contributed by atoms with Gasteiger partial charge in [-0.15, -0.1) is 0 Å². The third-order valence-corrected chi connectivity index (χ3v) is 3.05. The van der Waals surface area contributed by atoms with Gasteiger partial charge in [0.05, 0.1) is 5.56 Å². The molecule has 0 saturated heterocycles. The molecular formula is C15H13ClO2. The van der Waals surface area contributed by atoms with E-state index in [-0.39, 0.29) is 12.6 Å². The van der Waals surface area contributed by atoms with Crippen molar-refractivity contribution in [2.75, 3.05) is 0 Å². The van der Waals surface area contributed by atoms with E-state index in [0.29, 0.717) is 10.6 Å². The molecule has 0 N–H and O–H groups in total. The molecule has 2 nitrogen and oxygen atoms in total. The third kappa shape index (κ3) is 2.90. The highest BCUT2D eigenvalue weighted by Crippen LogP contribution is 2.17. The SMILES string of the molecule is Cc1ccccc1C(=O)OCc1ccccc1Cl. The molecule has 0 amide bonds. The summed E-state index contributed by atoms with van der Waals surface area (Å²) < 4.78 is 5.25. The molecule has 92 valence electrons. The van der Waals surface area contributed by atoms with Crippen LogP contribution in [0, 0.1) is 6.92 Å². The standard InChI is InChI=1S/C15H13ClO2/c1-11-6-2-4-8-13(11)15(17)18-10-12-7-3-5-9-14(12)16/h2-9H,10H2,1H3. The molecule has 0 atom stereocenters. The Morgan fingerprint density at radius 1 is 1.11 bits per heavy atom. The Morgan fingerprint density at radius 3 is 2.50 bits per heavy atom. The molecule has 2 rings (SSSR count). The fourth-order valence-corrected chi connectivity index (χ4v) is 1.83. The Labute approximate surface area is 111 Å². The number of hydrogen-bond donors (Lipinski definition) is 0. The number of hydrogen-bond acceptors (Lipinski definition) is 2. The monoisotopic (exact) mass is 260 g/mol. The van der Waals surface area contributed by atoms with Crippen molar-refractivity contribution in [3.8, 4) is 0 Å². The van der Waals surface area contributed by atoms with E-state index in [9.17, 15) is 4.79 Å². The summed E-state index contributed by atoms with van der Waals surface area (Å²) in [5, 5.41) is 0.607. The number of rotatable bonds is 3. The highest BCUT2D eigenvalue weighted by Gasteiger charge is 2.10. The largest absolute Gasteiger partial charge is 0.457 e. The van der Waals surface area contributed by atoms with Crippen molar-refractivity contribution in [1.29, 1.82) is 0 Å². The number of carbonyl (C=O) groups excluding carboxylic acids is 1. The van der Waals surface area contributed by atoms with Crippen molar-refractivity contribution >= 4 is 17.6 Å². The summed E-state index contributed by atoms with van der Waals surface area (Å²) in [4.78, 5) is 11.9. The minimum Gasteiger partial charge on any atom is -0.457 e. The van der Waals surface area contributed by atoms with Gasteiger partial charge in [-0.2, -0.15) is 0 Å². The van der Waals surface area contributed by atoms with Gasteiger partial charge in [-0.3, -0.25) is 0 Å². The number of esters is 1. The minimum atomic E-state index is -0.326. The summed E-state index contributed by atoms with van der Waals surface area (Å²) in [6, 6.07) is 14.7. The van der Waals surface area contributed by atoms with Crippen LogP contribution in [0.4, 0.5) is 0 Å². The van der Waals surface area contributed by atoms with Gasteiger partial charge >= 0.3 is 5.97 Å². The first-order chi connectivity index (χ1) is 8.68. The van der Waals surface area contributed by atoms with Crippen molar-refractivity contribution in [1.82, 2.24) is 0 Å². The lowest BCUT2D eigenvalue weighted by atomic mass is 10.1. The van der Waals surface area contributed by atoms with Crippen LogP contribution >= 0.6 is 11.6 Å². The predicted molar refractivity (Wildman–Crippen MR) is 71.8 cm³/mol. The summed E-state index contributed by atoms with van der Waals surface area (Å²) in [6.07, 6.45) is 0. The molecule has 18 heavy (non-hydrogen) atoms. The maximum absolute atomic E-state index is 11.9. The second kappa shape index (κ2) is 5.69. The minimum absolute atomic E-state index is 0.187. The zero-order valence-corrected chi connectivity index (χ0v) is 10.8. The molecule has 0 radical (unpaired) electrons. The van der Waals surface area contributed by atoms with E-state index < -0.39 is 0 Å². The van der Waals surface area contributed by atoms with Crippen LogP contribution in [0.3, 0.4) is 0 Å². The summed E-state index contributed by atoms with van der Waals surface area (Å²) in [6.45, 7) is 2.07. The van der Waals surface area contributed by atoms with E-state index in [1.807, 2.05) is 43.3 Å². The maximum atomic E-state index is 11.9. The van der Waals surface area contributed by atoms with Crippen LogP contribution in [-0.4, -0.2) is 5.97 Å². The summed E-state index contributed by atoms with van der Waals surface area (Å²) in [5.41, 5.74) is 2.30. The van der Waals surface area contributed by atoms with E-state index in [4.69, 9.17) is 16.3 Å². The number of halogens is 1. The molecule has 0 spiro atoms. The van der Waals surface area contributed by atoms with Crippen LogP contribution in [0.25, 0.3) is 0 Å². The van der Waals surface area contributed by atoms with Gasteiger partial charge in [0.25, 0.3) is 0 Å². The van der Waals surface area contributed by atoms with E-state index in [0.717, 1.165) is 11.1 Å². The highest BCUT2D eigenvalue weighted by atomic mass is 35.5. The average Bonchev–Trinajstić information content (AvgIpc) is 2.38. The van der Waals surface area contributed by atoms with Crippen molar-refractivity contribution in [3.05, 3.63) is 70.2 Å². The Balaban J connectivity index is 2.06. The zero-order valence-electron chi connectivity index (χ0n) is 10.0. The molecule has 0 heterocycles. The van der Waals surface area contributed by atoms with E-state index in [2.05, 4.69) is 0 Å². The molecule has 2 aromatic rings. The first kappa shape index (κ1) is 12.7. The molecule has 0 fully saturated rings. The number of ether oxygens (including phenoxy) is 1. The van der Waals surface area contributed by atoms with Gasteiger partial charge in [-0.25, -0.2) is 4.79 Å². The second-order valence-electron chi connectivity index (χ2n) is 3.98. The normalized spacial score (nSPS) is 10.1. The Morgan fingerprint density at radius 2 is 1.78 bits per heavy atom. The van der Waals surface area contributed by atoms with E-state index in [1.54, 1.807) is 12.1 Å². The maximum Gasteiger partial charge on any atom is 0.338 e. The first-order valence-electron chi connectivity index (χ1n) is 5.64. The average molecular weight is 261 g/mol. The van der Waals surface area contributed by atoms with Crippen LogP contribution in [-0.2, 0) is 11.3 Å². The molecule has 0 aliphatic rings. The van der Waals surface area contributed by atoms with Gasteiger partial charge in [-0.05, 0) is 24.6 Å². The van der Waals surface area contributed by atoms with Gasteiger partial charge in [0, 0.05) is 10.6 Å². The predicted octanol–water partition coefficient (Wildman–Crippen LogP) is 4.01. The molecule has 3 heteroatoms. The molecule has 0 aromatic heterocycles. The Kier molecular flexibility index (Phi) is 4.00. The van der Waals surface area contributed by atoms with Gasteiger partial charge in [0.15, 0.2) is 0 Å². The number of aryl methyl sites for hydroxylation is 1. The van der Waals surface area contributed by atoms with Crippen LogP contribution in [0.15, 0.2) is 48.5 Å². The quantitative estimate of drug-likeness (QED) is 0.780. The van der Waals surface area contributed by atoms with Crippen LogP contribution in [0.1, 0.15) is 21.5 Å². The van der Waals surface area contributed by atoms with Crippen LogP contribution in [0.2, 0.25) is 5.02 Å². The van der Waals surface area contributed by atoms with Crippen LogP contribution in [0.5, 0.6) is 0 Å². The van der Waals surface area contributed by atoms with Gasteiger partial charge in [0.2, 0.25) is 0 Å². The fourth-order valence-electron chi connectivity index (χ4n) is 1.64. The molecule has 0 aliphatic heterocycles. The molecule has 2 aromatic carbocycles. The summed E-state index contributed by atoms with van der Waals surface area (Å²) >= 11 is 5.99. The molecular weight excluding hydrogens is 248 g/mol. The first-order valence-corrected chi connectivity index (χ1v) is 6.02. The lowest BCUT2D eigenvalue weighted by Crippen LogP contribution is -2.07. The van der Waals surface area contributed by atoms with E-state index >= 15 is 0 Å². The van der Waals surface area contributed by atoms with Crippen LogP contribution < -0.4 is 0 Å². The summed E-state index contributed by atoms with van der Waals surface area (Å²) in [7, 11) is 0. The molecule has 0 aliphatic carbocycles. The van der Waals surface area contributed by atoms with Crippen molar-refractivity contribution in [2.45, 2.75) is 13.5 Å². The molecule has 0 bridgehead atoms. The second-order valence-corrected chi connectivity index (χ2v) is 4.39. The highest BCUT2D eigenvalue weighted by molar-refractivity contribution is 6.31. The Bertz CT molecular complexity index is 564. The lowest BCUT2D eigenvalue weighted by molar-refractivity contribution is 0.0472. The summed E-state index contributed by atoms with van der Waals surface area (Å²) in [5.74, 6) is -0.326. The zero-order chi connectivity index (χ0) is 13.0. The molecule has 0 unspecified atom stereocenters. The van der Waals surface area contributed by atoms with Crippen molar-refractivity contribution in [3.63, 3.8) is 0 Å². The number of carbonyl (C=O) groups is 1. The van der Waals surface area contributed by atoms with E-state index in [1.165, 1.54) is 0 Å². The fraction of sp³-hybridized carbons (Fsp3) is 0.133. The van der Waals surface area contributed by atoms with Crippen molar-refractivity contribution < 1.29 is 9.53 Å². The Hall–Kier alpha value is -1.80. The van der Waals surface area contributed by atoms with Gasteiger partial charge < -0.3 is 4.74 Å². The topological polar surface area (TPSA) is 26.3 Å².